The number of benzene rings is 1. The lowest BCUT2D eigenvalue weighted by molar-refractivity contribution is -0.140. The van der Waals surface area contributed by atoms with Gasteiger partial charge in [0, 0.05) is 11.1 Å². The van der Waals surface area contributed by atoms with Crippen LogP contribution in [0.25, 0.3) is 0 Å². The van der Waals surface area contributed by atoms with E-state index in [1.807, 2.05) is 13.8 Å². The first-order chi connectivity index (χ1) is 9.43. The summed E-state index contributed by atoms with van der Waals surface area (Å²) in [5, 5.41) is 3.98. The van der Waals surface area contributed by atoms with Gasteiger partial charge >= 0.3 is 0 Å². The molecule has 20 heavy (non-hydrogen) atoms. The van der Waals surface area contributed by atoms with Gasteiger partial charge in [0.25, 0.3) is 5.91 Å². The van der Waals surface area contributed by atoms with Crippen molar-refractivity contribution in [1.82, 2.24) is 4.90 Å². The maximum absolute atomic E-state index is 12.3. The Labute approximate surface area is 128 Å². The van der Waals surface area contributed by atoms with Crippen LogP contribution in [0.5, 0.6) is 0 Å². The van der Waals surface area contributed by atoms with E-state index in [4.69, 9.17) is 23.2 Å². The van der Waals surface area contributed by atoms with Crippen molar-refractivity contribution in [3.8, 4) is 0 Å². The van der Waals surface area contributed by atoms with Crippen LogP contribution in [0.4, 0.5) is 5.69 Å². The Kier molecular flexibility index (Phi) is 4.55. The molecule has 2 atom stereocenters. The highest BCUT2D eigenvalue weighted by Crippen LogP contribution is 2.28. The summed E-state index contributed by atoms with van der Waals surface area (Å²) in [4.78, 5) is 25.5. The summed E-state index contributed by atoms with van der Waals surface area (Å²) in [7, 11) is 0. The number of nitrogens with zero attached hydrogens (tertiary/aromatic N) is 1. The number of rotatable bonds is 4. The second-order valence-corrected chi connectivity index (χ2v) is 5.73. The smallest absolute Gasteiger partial charge is 0.252 e. The number of imide groups is 1. The molecule has 0 aliphatic carbocycles. The van der Waals surface area contributed by atoms with Gasteiger partial charge in [0.05, 0.1) is 17.1 Å². The Morgan fingerprint density at radius 1 is 1.40 bits per heavy atom. The van der Waals surface area contributed by atoms with Crippen LogP contribution >= 0.6 is 23.2 Å². The zero-order valence-corrected chi connectivity index (χ0v) is 12.8. The largest absolute Gasteiger partial charge is 0.372 e. The molecule has 4 nitrogen and oxygen atoms in total. The molecule has 0 radical (unpaired) electrons. The normalized spacial score (nSPS) is 20.4. The van der Waals surface area contributed by atoms with E-state index < -0.39 is 6.04 Å². The lowest BCUT2D eigenvalue weighted by Crippen LogP contribution is -2.40. The molecule has 1 fully saturated rings. The summed E-state index contributed by atoms with van der Waals surface area (Å²) in [5.41, 5.74) is 0.605. The minimum atomic E-state index is -0.560. The number of anilines is 1. The minimum Gasteiger partial charge on any atom is -0.372 e. The number of likely N-dealkylation sites (tertiary alicyclic amines) is 1. The van der Waals surface area contributed by atoms with Gasteiger partial charge in [-0.3, -0.25) is 14.5 Å². The molecule has 0 bridgehead atoms. The van der Waals surface area contributed by atoms with Crippen LogP contribution in [0.2, 0.25) is 10.0 Å². The van der Waals surface area contributed by atoms with Crippen molar-refractivity contribution in [1.29, 1.82) is 0 Å². The number of carbonyl (C=O) groups excluding carboxylic acids is 2. The highest BCUT2D eigenvalue weighted by atomic mass is 35.5. The van der Waals surface area contributed by atoms with Crippen LogP contribution in [0.3, 0.4) is 0 Å². The van der Waals surface area contributed by atoms with Crippen molar-refractivity contribution in [2.45, 2.75) is 38.8 Å². The Balaban J connectivity index is 2.15. The average Bonchev–Trinajstić information content (AvgIpc) is 2.67. The Bertz CT molecular complexity index is 548. The second kappa shape index (κ2) is 6.02. The highest BCUT2D eigenvalue weighted by molar-refractivity contribution is 6.36. The third-order valence-corrected chi connectivity index (χ3v) is 4.02. The molecule has 6 heteroatoms. The first kappa shape index (κ1) is 15.1. The van der Waals surface area contributed by atoms with Crippen LogP contribution in [0.1, 0.15) is 26.7 Å². The summed E-state index contributed by atoms with van der Waals surface area (Å²) in [6, 6.07) is 4.34. The van der Waals surface area contributed by atoms with Crippen LogP contribution in [-0.4, -0.2) is 28.8 Å². The molecule has 1 saturated heterocycles. The van der Waals surface area contributed by atoms with Crippen LogP contribution < -0.4 is 5.32 Å². The van der Waals surface area contributed by atoms with Crippen molar-refractivity contribution in [2.24, 2.45) is 0 Å². The molecule has 0 aromatic heterocycles. The molecule has 2 rings (SSSR count). The van der Waals surface area contributed by atoms with E-state index in [1.54, 1.807) is 18.2 Å². The molecular weight excluding hydrogens is 299 g/mol. The highest BCUT2D eigenvalue weighted by Gasteiger charge is 2.40. The monoisotopic (exact) mass is 314 g/mol. The van der Waals surface area contributed by atoms with Gasteiger partial charge in [-0.1, -0.05) is 30.1 Å². The van der Waals surface area contributed by atoms with Gasteiger partial charge in [-0.05, 0) is 31.5 Å². The number of carbonyl (C=O) groups is 2. The van der Waals surface area contributed by atoms with Gasteiger partial charge in [0.2, 0.25) is 5.91 Å². The van der Waals surface area contributed by atoms with E-state index in [9.17, 15) is 9.59 Å². The molecule has 0 spiro atoms. The quantitative estimate of drug-likeness (QED) is 0.867. The van der Waals surface area contributed by atoms with Crippen molar-refractivity contribution in [3.05, 3.63) is 28.2 Å². The van der Waals surface area contributed by atoms with E-state index in [0.29, 0.717) is 15.7 Å². The second-order valence-electron chi connectivity index (χ2n) is 4.88. The van der Waals surface area contributed by atoms with Gasteiger partial charge in [-0.25, -0.2) is 0 Å². The molecule has 1 aromatic rings. The van der Waals surface area contributed by atoms with Gasteiger partial charge < -0.3 is 5.32 Å². The predicted molar refractivity (Wildman–Crippen MR) is 80.1 cm³/mol. The van der Waals surface area contributed by atoms with Crippen molar-refractivity contribution < 1.29 is 9.59 Å². The van der Waals surface area contributed by atoms with Gasteiger partial charge in [-0.15, -0.1) is 0 Å². The van der Waals surface area contributed by atoms with Gasteiger partial charge in [0.1, 0.15) is 6.04 Å². The maximum Gasteiger partial charge on any atom is 0.252 e. The van der Waals surface area contributed by atoms with Crippen molar-refractivity contribution in [3.63, 3.8) is 0 Å². The summed E-state index contributed by atoms with van der Waals surface area (Å²) < 4.78 is 0. The predicted octanol–water partition coefficient (Wildman–Crippen LogP) is 3.33. The van der Waals surface area contributed by atoms with Gasteiger partial charge in [0.15, 0.2) is 0 Å². The van der Waals surface area contributed by atoms with E-state index >= 15 is 0 Å². The minimum absolute atomic E-state index is 0.0810. The standard InChI is InChI=1S/C14H16Cl2N2O2/c1-3-8(2)18-13(19)7-12(14(18)20)17-11-5-4-9(15)6-10(11)16/h4-6,8,12,17H,3,7H2,1-2H3. The molecule has 108 valence electrons. The fraction of sp³-hybridized carbons (Fsp3) is 0.429. The third-order valence-electron chi connectivity index (χ3n) is 3.48. The molecule has 2 unspecified atom stereocenters. The molecule has 1 aromatic carbocycles. The van der Waals surface area contributed by atoms with E-state index in [-0.39, 0.29) is 24.3 Å². The molecule has 1 aliphatic heterocycles. The SMILES string of the molecule is CCC(C)N1C(=O)CC(Nc2ccc(Cl)cc2Cl)C1=O. The summed E-state index contributed by atoms with van der Waals surface area (Å²) >= 11 is 11.9. The number of hydrogen-bond donors (Lipinski definition) is 1. The zero-order chi connectivity index (χ0) is 14.9. The maximum atomic E-state index is 12.3. The molecule has 1 aliphatic rings. The molecule has 1 heterocycles. The van der Waals surface area contributed by atoms with Crippen LogP contribution in [0, 0.1) is 0 Å². The van der Waals surface area contributed by atoms with Crippen LogP contribution in [-0.2, 0) is 9.59 Å². The Morgan fingerprint density at radius 2 is 2.10 bits per heavy atom. The summed E-state index contributed by atoms with van der Waals surface area (Å²) in [6.45, 7) is 3.81. The summed E-state index contributed by atoms with van der Waals surface area (Å²) in [6.07, 6.45) is 0.897. The lowest BCUT2D eigenvalue weighted by Gasteiger charge is -2.22. The average molecular weight is 315 g/mol. The van der Waals surface area contributed by atoms with E-state index in [1.165, 1.54) is 4.90 Å². The first-order valence-electron chi connectivity index (χ1n) is 6.51. The Hall–Kier alpha value is -1.26. The first-order valence-corrected chi connectivity index (χ1v) is 7.27. The molecule has 1 N–H and O–H groups in total. The molecule has 2 amide bonds. The molecule has 0 saturated carbocycles. The fourth-order valence-corrected chi connectivity index (χ4v) is 2.67. The van der Waals surface area contributed by atoms with Crippen LogP contribution in [0.15, 0.2) is 18.2 Å². The number of nitrogens with one attached hydrogen (secondary N) is 1. The van der Waals surface area contributed by atoms with Crippen molar-refractivity contribution in [2.75, 3.05) is 5.32 Å². The topological polar surface area (TPSA) is 49.4 Å². The van der Waals surface area contributed by atoms with Gasteiger partial charge in [-0.2, -0.15) is 0 Å². The zero-order valence-electron chi connectivity index (χ0n) is 11.3. The van der Waals surface area contributed by atoms with E-state index in [0.717, 1.165) is 6.42 Å². The van der Waals surface area contributed by atoms with E-state index in [2.05, 4.69) is 5.32 Å². The van der Waals surface area contributed by atoms with Crippen molar-refractivity contribution >= 4 is 40.7 Å². The summed E-state index contributed by atoms with van der Waals surface area (Å²) in [5.74, 6) is -0.345. The molecular formula is C14H16Cl2N2O2. The number of halogens is 2. The Morgan fingerprint density at radius 3 is 2.70 bits per heavy atom. The third kappa shape index (κ3) is 2.91. The lowest BCUT2D eigenvalue weighted by atomic mass is 10.2. The fourth-order valence-electron chi connectivity index (χ4n) is 2.20. The number of amides is 2. The number of hydrogen-bond acceptors (Lipinski definition) is 3.